The average molecular weight is 317 g/mol. The van der Waals surface area contributed by atoms with Gasteiger partial charge in [0.05, 0.1) is 5.69 Å². The van der Waals surface area contributed by atoms with E-state index in [0.717, 1.165) is 12.3 Å². The van der Waals surface area contributed by atoms with Gasteiger partial charge in [-0.05, 0) is 19.1 Å². The summed E-state index contributed by atoms with van der Waals surface area (Å²) >= 11 is 1.19. The molecule has 2 aromatic heterocycles. The highest BCUT2D eigenvalue weighted by Gasteiger charge is 2.34. The van der Waals surface area contributed by atoms with E-state index >= 15 is 0 Å². The number of carbonyl (C=O) groups is 1. The first-order valence-electron chi connectivity index (χ1n) is 5.76. The molecule has 5 nitrogen and oxygen atoms in total. The molecule has 0 radical (unpaired) electrons. The normalized spacial score (nSPS) is 11.4. The number of pyridine rings is 1. The standard InChI is InChI=1S/C12H10F3N3O2S/c1-7-6-21-11(16-7)17-9(19)5-18-4-2-3-8(10(18)20)12(13,14)15/h2-4,6H,5H2,1H3,(H,16,17,19). The fraction of sp³-hybridized carbons (Fsp3) is 0.250. The number of rotatable bonds is 3. The maximum absolute atomic E-state index is 12.6. The van der Waals surface area contributed by atoms with Crippen LogP contribution in [0.1, 0.15) is 11.3 Å². The van der Waals surface area contributed by atoms with Gasteiger partial charge in [0.25, 0.3) is 5.56 Å². The highest BCUT2D eigenvalue weighted by Crippen LogP contribution is 2.25. The largest absolute Gasteiger partial charge is 0.421 e. The predicted octanol–water partition coefficient (Wildman–Crippen LogP) is 2.27. The molecular formula is C12H10F3N3O2S. The second kappa shape index (κ2) is 5.68. The Morgan fingerprint density at radius 1 is 1.48 bits per heavy atom. The molecule has 9 heteroatoms. The predicted molar refractivity (Wildman–Crippen MR) is 71.2 cm³/mol. The number of alkyl halides is 3. The third-order valence-electron chi connectivity index (χ3n) is 2.50. The Morgan fingerprint density at radius 3 is 2.76 bits per heavy atom. The molecule has 0 saturated carbocycles. The van der Waals surface area contributed by atoms with Crippen molar-refractivity contribution in [3.05, 3.63) is 45.3 Å². The van der Waals surface area contributed by atoms with Crippen molar-refractivity contribution in [3.63, 3.8) is 0 Å². The second-order valence-electron chi connectivity index (χ2n) is 4.19. The molecule has 0 aromatic carbocycles. The van der Waals surface area contributed by atoms with Gasteiger partial charge in [-0.2, -0.15) is 13.2 Å². The fourth-order valence-corrected chi connectivity index (χ4v) is 2.31. The van der Waals surface area contributed by atoms with Crippen LogP contribution in [-0.4, -0.2) is 15.5 Å². The lowest BCUT2D eigenvalue weighted by Gasteiger charge is -2.09. The molecule has 112 valence electrons. The van der Waals surface area contributed by atoms with Crippen LogP contribution in [0.15, 0.2) is 28.5 Å². The molecule has 0 aliphatic carbocycles. The van der Waals surface area contributed by atoms with Gasteiger partial charge in [-0.1, -0.05) is 0 Å². The lowest BCUT2D eigenvalue weighted by atomic mass is 10.2. The molecule has 1 N–H and O–H groups in total. The van der Waals surface area contributed by atoms with Crippen molar-refractivity contribution in [2.75, 3.05) is 5.32 Å². The Balaban J connectivity index is 2.16. The molecule has 0 unspecified atom stereocenters. The summed E-state index contributed by atoms with van der Waals surface area (Å²) in [6.07, 6.45) is -3.62. The summed E-state index contributed by atoms with van der Waals surface area (Å²) in [5, 5.41) is 4.47. The van der Waals surface area contributed by atoms with Crippen molar-refractivity contribution in [2.45, 2.75) is 19.6 Å². The van der Waals surface area contributed by atoms with Gasteiger partial charge in [-0.15, -0.1) is 11.3 Å². The van der Waals surface area contributed by atoms with Crippen LogP contribution in [0.5, 0.6) is 0 Å². The molecule has 0 fully saturated rings. The van der Waals surface area contributed by atoms with Crippen LogP contribution in [0.4, 0.5) is 18.3 Å². The molecule has 0 saturated heterocycles. The molecular weight excluding hydrogens is 307 g/mol. The molecule has 0 atom stereocenters. The van der Waals surface area contributed by atoms with E-state index in [1.54, 1.807) is 12.3 Å². The summed E-state index contributed by atoms with van der Waals surface area (Å²) in [6.45, 7) is 1.23. The topological polar surface area (TPSA) is 64.0 Å². The SMILES string of the molecule is Cc1csc(NC(=O)Cn2cccc(C(F)(F)F)c2=O)n1. The monoisotopic (exact) mass is 317 g/mol. The Hall–Kier alpha value is -2.16. The lowest BCUT2D eigenvalue weighted by Crippen LogP contribution is -2.31. The van der Waals surface area contributed by atoms with Gasteiger partial charge in [0, 0.05) is 11.6 Å². The van der Waals surface area contributed by atoms with Crippen molar-refractivity contribution in [3.8, 4) is 0 Å². The first-order chi connectivity index (χ1) is 9.77. The molecule has 0 aliphatic rings. The van der Waals surface area contributed by atoms with Crippen molar-refractivity contribution in [1.29, 1.82) is 0 Å². The number of thiazole rings is 1. The number of nitrogens with one attached hydrogen (secondary N) is 1. The molecule has 2 heterocycles. The molecule has 0 spiro atoms. The number of anilines is 1. The number of nitrogens with zero attached hydrogens (tertiary/aromatic N) is 2. The molecule has 2 rings (SSSR count). The maximum Gasteiger partial charge on any atom is 0.421 e. The van der Waals surface area contributed by atoms with E-state index in [1.807, 2.05) is 0 Å². The molecule has 0 aliphatic heterocycles. The number of aryl methyl sites for hydroxylation is 1. The van der Waals surface area contributed by atoms with Crippen molar-refractivity contribution < 1.29 is 18.0 Å². The number of aromatic nitrogens is 2. The molecule has 2 aromatic rings. The summed E-state index contributed by atoms with van der Waals surface area (Å²) in [7, 11) is 0. The van der Waals surface area contributed by atoms with Crippen LogP contribution < -0.4 is 10.9 Å². The van der Waals surface area contributed by atoms with E-state index in [4.69, 9.17) is 0 Å². The van der Waals surface area contributed by atoms with E-state index in [0.29, 0.717) is 21.5 Å². The van der Waals surface area contributed by atoms with Crippen LogP contribution in [-0.2, 0) is 17.5 Å². The van der Waals surface area contributed by atoms with Gasteiger partial charge in [0.1, 0.15) is 12.1 Å². The highest BCUT2D eigenvalue weighted by molar-refractivity contribution is 7.13. The minimum Gasteiger partial charge on any atom is -0.306 e. The minimum absolute atomic E-state index is 0.331. The first kappa shape index (κ1) is 15.2. The third kappa shape index (κ3) is 3.69. The van der Waals surface area contributed by atoms with Crippen LogP contribution in [0.2, 0.25) is 0 Å². The van der Waals surface area contributed by atoms with Crippen LogP contribution in [0.25, 0.3) is 0 Å². The van der Waals surface area contributed by atoms with E-state index < -0.39 is 29.8 Å². The quantitative estimate of drug-likeness (QED) is 0.944. The zero-order chi connectivity index (χ0) is 15.6. The van der Waals surface area contributed by atoms with Gasteiger partial charge in [0.2, 0.25) is 5.91 Å². The zero-order valence-corrected chi connectivity index (χ0v) is 11.6. The summed E-state index contributed by atoms with van der Waals surface area (Å²) < 4.78 is 38.5. The number of hydrogen-bond donors (Lipinski definition) is 1. The van der Waals surface area contributed by atoms with Crippen LogP contribution in [0, 0.1) is 6.92 Å². The summed E-state index contributed by atoms with van der Waals surface area (Å²) in [5.74, 6) is -0.620. The fourth-order valence-electron chi connectivity index (χ4n) is 1.60. The summed E-state index contributed by atoms with van der Waals surface area (Å²) in [6, 6.07) is 1.76. The molecule has 1 amide bonds. The van der Waals surface area contributed by atoms with E-state index in [-0.39, 0.29) is 0 Å². The third-order valence-corrected chi connectivity index (χ3v) is 3.38. The Morgan fingerprint density at radius 2 is 2.19 bits per heavy atom. The Labute approximate surface area is 121 Å². The molecule has 21 heavy (non-hydrogen) atoms. The minimum atomic E-state index is -4.75. The van der Waals surface area contributed by atoms with Crippen molar-refractivity contribution >= 4 is 22.4 Å². The Bertz CT molecular complexity index is 721. The smallest absolute Gasteiger partial charge is 0.306 e. The van der Waals surface area contributed by atoms with Gasteiger partial charge in [-0.25, -0.2) is 4.98 Å². The van der Waals surface area contributed by atoms with Gasteiger partial charge in [0.15, 0.2) is 5.13 Å². The summed E-state index contributed by atoms with van der Waals surface area (Å²) in [5.41, 5.74) is -1.84. The van der Waals surface area contributed by atoms with Crippen LogP contribution in [0.3, 0.4) is 0 Å². The number of amides is 1. The van der Waals surface area contributed by atoms with Gasteiger partial charge >= 0.3 is 6.18 Å². The second-order valence-corrected chi connectivity index (χ2v) is 5.05. The molecule has 0 bridgehead atoms. The van der Waals surface area contributed by atoms with Crippen molar-refractivity contribution in [1.82, 2.24) is 9.55 Å². The van der Waals surface area contributed by atoms with Crippen LogP contribution >= 0.6 is 11.3 Å². The Kier molecular flexibility index (Phi) is 4.12. The lowest BCUT2D eigenvalue weighted by molar-refractivity contribution is -0.139. The van der Waals surface area contributed by atoms with E-state index in [2.05, 4.69) is 10.3 Å². The number of hydrogen-bond acceptors (Lipinski definition) is 4. The van der Waals surface area contributed by atoms with E-state index in [1.165, 1.54) is 11.3 Å². The highest BCUT2D eigenvalue weighted by atomic mass is 32.1. The number of halogens is 3. The van der Waals surface area contributed by atoms with E-state index in [9.17, 15) is 22.8 Å². The zero-order valence-electron chi connectivity index (χ0n) is 10.8. The first-order valence-corrected chi connectivity index (χ1v) is 6.64. The van der Waals surface area contributed by atoms with Gasteiger partial charge in [-0.3, -0.25) is 9.59 Å². The van der Waals surface area contributed by atoms with Gasteiger partial charge < -0.3 is 9.88 Å². The van der Waals surface area contributed by atoms with Crippen molar-refractivity contribution in [2.24, 2.45) is 0 Å². The number of carbonyl (C=O) groups excluding carboxylic acids is 1. The maximum atomic E-state index is 12.6. The summed E-state index contributed by atoms with van der Waals surface area (Å²) in [4.78, 5) is 27.4. The average Bonchev–Trinajstić information content (AvgIpc) is 2.75.